The number of anilines is 2. The van der Waals surface area contributed by atoms with Crippen molar-refractivity contribution in [2.45, 2.75) is 25.0 Å². The molecule has 11 nitrogen and oxygen atoms in total. The van der Waals surface area contributed by atoms with Crippen molar-refractivity contribution in [1.82, 2.24) is 25.4 Å². The Morgan fingerprint density at radius 1 is 0.794 bits per heavy atom. The van der Waals surface area contributed by atoms with Crippen LogP contribution in [0.15, 0.2) is 40.4 Å². The Balaban J connectivity index is 1.19. The molecule has 0 amide bonds. The second kappa shape index (κ2) is 9.51. The van der Waals surface area contributed by atoms with E-state index in [1.807, 2.05) is 15.9 Å². The summed E-state index contributed by atoms with van der Waals surface area (Å²) in [5.74, 6) is 1.19. The molecule has 2 saturated heterocycles. The van der Waals surface area contributed by atoms with Gasteiger partial charge in [0, 0.05) is 32.0 Å². The molecule has 2 N–H and O–H groups in total. The predicted octanol–water partition coefficient (Wildman–Crippen LogP) is 1.87. The fourth-order valence-corrected chi connectivity index (χ4v) is 4.61. The van der Waals surface area contributed by atoms with E-state index in [1.165, 1.54) is 0 Å². The molecule has 13 heteroatoms. The Morgan fingerprint density at radius 3 is 1.74 bits per heavy atom. The predicted molar refractivity (Wildman–Crippen MR) is 126 cm³/mol. The van der Waals surface area contributed by atoms with Crippen LogP contribution in [0.1, 0.15) is 12.8 Å². The first kappa shape index (κ1) is 22.5. The summed E-state index contributed by atoms with van der Waals surface area (Å²) in [4.78, 5) is 31.6. The van der Waals surface area contributed by atoms with E-state index in [-0.39, 0.29) is 22.3 Å². The van der Waals surface area contributed by atoms with Crippen LogP contribution in [0.2, 0.25) is 10.0 Å². The van der Waals surface area contributed by atoms with Gasteiger partial charge in [0.15, 0.2) is 0 Å². The number of rotatable bonds is 6. The first-order valence-electron chi connectivity index (χ1n) is 10.7. The molecule has 5 heterocycles. The molecule has 0 unspecified atom stereocenters. The third-order valence-corrected chi connectivity index (χ3v) is 6.55. The van der Waals surface area contributed by atoms with Crippen molar-refractivity contribution in [3.05, 3.63) is 61.6 Å². The highest BCUT2D eigenvalue weighted by Gasteiger charge is 2.28. The lowest BCUT2D eigenvalue weighted by Gasteiger charge is -2.20. The van der Waals surface area contributed by atoms with Gasteiger partial charge in [0.1, 0.15) is 33.8 Å². The third kappa shape index (κ3) is 4.66. The fourth-order valence-electron chi connectivity index (χ4n) is 4.19. The minimum atomic E-state index is -0.416. The number of ether oxygens (including phenoxy) is 2. The van der Waals surface area contributed by atoms with Gasteiger partial charge in [0.05, 0.1) is 49.3 Å². The number of aromatic amines is 2. The van der Waals surface area contributed by atoms with Crippen molar-refractivity contribution >= 4 is 34.6 Å². The highest BCUT2D eigenvalue weighted by atomic mass is 35.5. The summed E-state index contributed by atoms with van der Waals surface area (Å²) in [5.41, 5.74) is 0.350. The summed E-state index contributed by atoms with van der Waals surface area (Å²) >= 11 is 12.2. The Kier molecular flexibility index (Phi) is 6.29. The molecule has 2 fully saturated rings. The van der Waals surface area contributed by atoms with Crippen LogP contribution in [-0.4, -0.2) is 63.8 Å². The topological polar surface area (TPSA) is 129 Å². The Hall–Kier alpha value is -3.31. The molecule has 0 bridgehead atoms. The average Bonchev–Trinajstić information content (AvgIpc) is 3.48. The molecule has 0 aliphatic carbocycles. The van der Waals surface area contributed by atoms with Crippen LogP contribution < -0.4 is 30.4 Å². The van der Waals surface area contributed by atoms with E-state index in [1.54, 1.807) is 24.8 Å². The number of halogens is 2. The Morgan fingerprint density at radius 2 is 1.26 bits per heavy atom. The molecule has 0 saturated carbocycles. The van der Waals surface area contributed by atoms with Crippen LogP contribution in [0.5, 0.6) is 11.5 Å². The summed E-state index contributed by atoms with van der Waals surface area (Å²) in [6.45, 7) is 2.52. The molecular formula is C21H21Cl2N7O4. The standard InChI is InChI=1S/C21H21Cl2N7O4/c22-18-16(8-25-27-20(18)31)29-3-1-12(10-29)33-14-5-15(7-24-6-14)34-13-2-4-30(11-13)17-9-26-28-21(32)19(17)23/h5-9,12-13H,1-4,10-11H2,(H,27,31)(H,28,32)/t12-,13-/m1/s1. The van der Waals surface area contributed by atoms with Crippen molar-refractivity contribution < 1.29 is 9.47 Å². The van der Waals surface area contributed by atoms with E-state index in [2.05, 4.69) is 25.4 Å². The zero-order chi connectivity index (χ0) is 23.7. The molecular weight excluding hydrogens is 485 g/mol. The Bertz CT molecular complexity index is 1210. The summed E-state index contributed by atoms with van der Waals surface area (Å²) in [5, 5.41) is 12.5. The van der Waals surface area contributed by atoms with Crippen molar-refractivity contribution in [2.24, 2.45) is 0 Å². The van der Waals surface area contributed by atoms with E-state index in [0.717, 1.165) is 12.8 Å². The number of H-pyrrole nitrogens is 2. The van der Waals surface area contributed by atoms with Gasteiger partial charge in [-0.05, 0) is 0 Å². The highest BCUT2D eigenvalue weighted by Crippen LogP contribution is 2.29. The largest absolute Gasteiger partial charge is 0.487 e. The second-order valence-corrected chi connectivity index (χ2v) is 8.86. The summed E-state index contributed by atoms with van der Waals surface area (Å²) < 4.78 is 12.2. The van der Waals surface area contributed by atoms with E-state index < -0.39 is 11.1 Å². The van der Waals surface area contributed by atoms with Crippen molar-refractivity contribution in [2.75, 3.05) is 36.0 Å². The van der Waals surface area contributed by atoms with E-state index in [9.17, 15) is 9.59 Å². The van der Waals surface area contributed by atoms with Crippen LogP contribution in [0.25, 0.3) is 0 Å². The number of hydrogen-bond acceptors (Lipinski definition) is 9. The zero-order valence-electron chi connectivity index (χ0n) is 17.9. The number of pyridine rings is 1. The summed E-state index contributed by atoms with van der Waals surface area (Å²) in [7, 11) is 0. The number of hydrogen-bond donors (Lipinski definition) is 2. The van der Waals surface area contributed by atoms with Crippen molar-refractivity contribution in [3.63, 3.8) is 0 Å². The van der Waals surface area contributed by atoms with Gasteiger partial charge >= 0.3 is 0 Å². The molecule has 2 aliphatic rings. The molecule has 0 aromatic carbocycles. The van der Waals surface area contributed by atoms with Gasteiger partial charge in [-0.1, -0.05) is 23.2 Å². The minimum absolute atomic E-state index is 0.0970. The van der Waals surface area contributed by atoms with Gasteiger partial charge in [-0.3, -0.25) is 14.6 Å². The lowest BCUT2D eigenvalue weighted by Crippen LogP contribution is -2.27. The minimum Gasteiger partial charge on any atom is -0.487 e. The van der Waals surface area contributed by atoms with E-state index >= 15 is 0 Å². The molecule has 0 radical (unpaired) electrons. The molecule has 3 aromatic rings. The van der Waals surface area contributed by atoms with Gasteiger partial charge in [-0.25, -0.2) is 10.2 Å². The maximum atomic E-state index is 11.7. The molecule has 3 aromatic heterocycles. The molecule has 178 valence electrons. The lowest BCUT2D eigenvalue weighted by molar-refractivity contribution is 0.211. The number of nitrogens with one attached hydrogen (secondary N) is 2. The molecule has 0 spiro atoms. The van der Waals surface area contributed by atoms with Gasteiger partial charge in [-0.2, -0.15) is 10.2 Å². The van der Waals surface area contributed by atoms with Gasteiger partial charge in [0.2, 0.25) is 0 Å². The fraction of sp³-hybridized carbons (Fsp3) is 0.381. The van der Waals surface area contributed by atoms with Gasteiger partial charge in [-0.15, -0.1) is 0 Å². The molecule has 2 atom stereocenters. The maximum absolute atomic E-state index is 11.7. The first-order chi connectivity index (χ1) is 16.5. The molecule has 5 rings (SSSR count). The average molecular weight is 506 g/mol. The van der Waals surface area contributed by atoms with Crippen molar-refractivity contribution in [1.29, 1.82) is 0 Å². The zero-order valence-corrected chi connectivity index (χ0v) is 19.4. The van der Waals surface area contributed by atoms with E-state index in [0.29, 0.717) is 49.1 Å². The highest BCUT2D eigenvalue weighted by molar-refractivity contribution is 6.33. The second-order valence-electron chi connectivity index (χ2n) is 8.10. The molecule has 2 aliphatic heterocycles. The van der Waals surface area contributed by atoms with Gasteiger partial charge < -0.3 is 19.3 Å². The quantitative estimate of drug-likeness (QED) is 0.515. The maximum Gasteiger partial charge on any atom is 0.285 e. The normalized spacial score (nSPS) is 20.1. The van der Waals surface area contributed by atoms with Crippen LogP contribution in [0, 0.1) is 0 Å². The SMILES string of the molecule is O=c1[nH]ncc(N2CC[C@@H](Oc3cncc(O[C@@H]4CCN(c5cn[nH]c(=O)c5Cl)C4)c3)C2)c1Cl. The first-order valence-corrected chi connectivity index (χ1v) is 11.5. The van der Waals surface area contributed by atoms with Crippen LogP contribution in [0.3, 0.4) is 0 Å². The monoisotopic (exact) mass is 505 g/mol. The number of aromatic nitrogens is 5. The Labute approximate surface area is 203 Å². The van der Waals surface area contributed by atoms with Crippen molar-refractivity contribution in [3.8, 4) is 11.5 Å². The van der Waals surface area contributed by atoms with E-state index in [4.69, 9.17) is 32.7 Å². The summed E-state index contributed by atoms with van der Waals surface area (Å²) in [6, 6.07) is 1.81. The van der Waals surface area contributed by atoms with Crippen LogP contribution in [0.4, 0.5) is 11.4 Å². The summed E-state index contributed by atoms with van der Waals surface area (Å²) in [6.07, 6.45) is 7.69. The van der Waals surface area contributed by atoms with Crippen LogP contribution >= 0.6 is 23.2 Å². The number of nitrogens with zero attached hydrogens (tertiary/aromatic N) is 5. The smallest absolute Gasteiger partial charge is 0.285 e. The lowest BCUT2D eigenvalue weighted by atomic mass is 10.3. The third-order valence-electron chi connectivity index (χ3n) is 5.82. The van der Waals surface area contributed by atoms with Crippen LogP contribution in [-0.2, 0) is 0 Å². The molecule has 34 heavy (non-hydrogen) atoms. The van der Waals surface area contributed by atoms with Gasteiger partial charge in [0.25, 0.3) is 11.1 Å².